The van der Waals surface area contributed by atoms with Crippen molar-refractivity contribution in [2.75, 3.05) is 11.4 Å². The van der Waals surface area contributed by atoms with Gasteiger partial charge in [0.25, 0.3) is 0 Å². The molecule has 1 aliphatic rings. The summed E-state index contributed by atoms with van der Waals surface area (Å²) in [6.45, 7) is 0.301. The number of rotatable bonds is 2. The van der Waals surface area contributed by atoms with E-state index in [1.807, 2.05) is 0 Å². The largest absolute Gasteiger partial charge is 0.329 e. The Labute approximate surface area is 107 Å². The molecule has 0 saturated carbocycles. The van der Waals surface area contributed by atoms with Crippen molar-refractivity contribution < 1.29 is 14.4 Å². The molecule has 3 rings (SSSR count). The third-order valence-corrected chi connectivity index (χ3v) is 2.94. The predicted octanol–water partition coefficient (Wildman–Crippen LogP) is 0.593. The number of imidazole rings is 1. The molecule has 0 aromatic carbocycles. The molecule has 3 heterocycles. The van der Waals surface area contributed by atoms with Gasteiger partial charge in [-0.1, -0.05) is 0 Å². The van der Waals surface area contributed by atoms with Crippen molar-refractivity contribution in [1.29, 1.82) is 0 Å². The van der Waals surface area contributed by atoms with Crippen LogP contribution in [0.1, 0.15) is 16.8 Å². The number of pyridine rings is 1. The second-order valence-corrected chi connectivity index (χ2v) is 4.20. The Balaban J connectivity index is 1.99. The Morgan fingerprint density at radius 1 is 1.37 bits per heavy atom. The zero-order valence-corrected chi connectivity index (χ0v) is 9.87. The molecule has 0 atom stereocenters. The van der Waals surface area contributed by atoms with Gasteiger partial charge in [-0.25, -0.2) is 9.78 Å². The molecule has 19 heavy (non-hydrogen) atoms. The second-order valence-electron chi connectivity index (χ2n) is 4.20. The molecule has 1 N–H and O–H groups in total. The number of anilines is 1. The number of nitrogens with zero attached hydrogens (tertiary/aromatic N) is 3. The quantitative estimate of drug-likeness (QED) is 0.799. The number of amides is 3. The van der Waals surface area contributed by atoms with Gasteiger partial charge in [-0.05, 0) is 12.1 Å². The van der Waals surface area contributed by atoms with Crippen LogP contribution < -0.4 is 10.2 Å². The van der Waals surface area contributed by atoms with Crippen molar-refractivity contribution in [3.05, 3.63) is 30.1 Å². The summed E-state index contributed by atoms with van der Waals surface area (Å²) >= 11 is 0. The highest BCUT2D eigenvalue weighted by molar-refractivity contribution is 6.05. The van der Waals surface area contributed by atoms with E-state index in [1.165, 1.54) is 4.90 Å². The number of fused-ring (bicyclic) bond motifs is 1. The maximum absolute atomic E-state index is 11.7. The first kappa shape index (κ1) is 11.4. The Morgan fingerprint density at radius 3 is 2.95 bits per heavy atom. The first-order valence-corrected chi connectivity index (χ1v) is 5.72. The zero-order chi connectivity index (χ0) is 13.4. The minimum atomic E-state index is -0.477. The molecule has 1 fully saturated rings. The van der Waals surface area contributed by atoms with Gasteiger partial charge >= 0.3 is 6.03 Å². The highest BCUT2D eigenvalue weighted by Crippen LogP contribution is 2.17. The van der Waals surface area contributed by atoms with E-state index in [0.717, 1.165) is 6.29 Å². The summed E-state index contributed by atoms with van der Waals surface area (Å²) in [6.07, 6.45) is 4.36. The van der Waals surface area contributed by atoms with Gasteiger partial charge in [-0.15, -0.1) is 0 Å². The van der Waals surface area contributed by atoms with E-state index < -0.39 is 6.03 Å². The van der Waals surface area contributed by atoms with Gasteiger partial charge in [0.15, 0.2) is 5.82 Å². The first-order valence-electron chi connectivity index (χ1n) is 5.72. The van der Waals surface area contributed by atoms with Gasteiger partial charge in [0.2, 0.25) is 5.91 Å². The predicted molar refractivity (Wildman–Crippen MR) is 66.1 cm³/mol. The molecule has 7 heteroatoms. The van der Waals surface area contributed by atoms with E-state index in [1.54, 1.807) is 28.9 Å². The van der Waals surface area contributed by atoms with Crippen LogP contribution in [0.4, 0.5) is 10.6 Å². The number of urea groups is 1. The number of imide groups is 1. The molecule has 96 valence electrons. The van der Waals surface area contributed by atoms with E-state index in [2.05, 4.69) is 10.3 Å². The van der Waals surface area contributed by atoms with Crippen LogP contribution in [-0.4, -0.2) is 34.2 Å². The third kappa shape index (κ3) is 1.95. The Bertz CT molecular complexity index is 691. The Hall–Kier alpha value is -2.70. The molecular formula is C12H10N4O3. The molecule has 2 aromatic rings. The number of hydrogen-bond acceptors (Lipinski definition) is 4. The number of carbonyl (C=O) groups excluding carboxylic acids is 3. The fourth-order valence-electron chi connectivity index (χ4n) is 1.97. The van der Waals surface area contributed by atoms with Crippen LogP contribution in [0.3, 0.4) is 0 Å². The lowest BCUT2D eigenvalue weighted by atomic mass is 10.3. The highest BCUT2D eigenvalue weighted by Gasteiger charge is 2.25. The lowest BCUT2D eigenvalue weighted by molar-refractivity contribution is -0.120. The second kappa shape index (κ2) is 4.20. The normalized spacial score (nSPS) is 15.7. The smallest absolute Gasteiger partial charge is 0.305 e. The van der Waals surface area contributed by atoms with E-state index in [-0.39, 0.29) is 12.3 Å². The number of carbonyl (C=O) groups is 3. The molecule has 0 bridgehead atoms. The van der Waals surface area contributed by atoms with E-state index in [9.17, 15) is 14.4 Å². The molecule has 0 unspecified atom stereocenters. The van der Waals surface area contributed by atoms with Crippen LogP contribution in [0.2, 0.25) is 0 Å². The number of aromatic nitrogens is 2. The van der Waals surface area contributed by atoms with Crippen molar-refractivity contribution in [2.24, 2.45) is 0 Å². The molecule has 0 aliphatic carbocycles. The summed E-state index contributed by atoms with van der Waals surface area (Å²) in [5.41, 5.74) is 1.09. The average molecular weight is 258 g/mol. The number of hydrogen-bond donors (Lipinski definition) is 1. The fourth-order valence-corrected chi connectivity index (χ4v) is 1.97. The maximum atomic E-state index is 11.7. The standard InChI is InChI=1S/C12H10N4O3/c17-7-8-1-3-15-6-10(13-9(15)5-8)16-4-2-11(18)14-12(16)19/h1,3,5-7H,2,4H2,(H,14,18,19). The molecular weight excluding hydrogens is 248 g/mol. The van der Waals surface area contributed by atoms with Crippen molar-refractivity contribution in [3.8, 4) is 0 Å². The summed E-state index contributed by atoms with van der Waals surface area (Å²) < 4.78 is 1.71. The number of aldehydes is 1. The summed E-state index contributed by atoms with van der Waals surface area (Å²) in [4.78, 5) is 39.2. The van der Waals surface area contributed by atoms with Crippen molar-refractivity contribution in [1.82, 2.24) is 14.7 Å². The summed E-state index contributed by atoms with van der Waals surface area (Å²) in [5.74, 6) is 0.168. The van der Waals surface area contributed by atoms with Crippen LogP contribution in [0, 0.1) is 0 Å². The maximum Gasteiger partial charge on any atom is 0.329 e. The van der Waals surface area contributed by atoms with Crippen LogP contribution in [0.25, 0.3) is 5.65 Å². The van der Waals surface area contributed by atoms with E-state index in [0.29, 0.717) is 23.6 Å². The van der Waals surface area contributed by atoms with Crippen LogP contribution in [0.15, 0.2) is 24.5 Å². The van der Waals surface area contributed by atoms with Gasteiger partial charge in [0, 0.05) is 24.7 Å². The fraction of sp³-hybridized carbons (Fsp3) is 0.167. The Kier molecular flexibility index (Phi) is 2.52. The SMILES string of the molecule is O=Cc1ccn2cc(N3CCC(=O)NC3=O)nc2c1. The summed E-state index contributed by atoms with van der Waals surface area (Å²) in [5, 5.41) is 2.24. The molecule has 7 nitrogen and oxygen atoms in total. The van der Waals surface area contributed by atoms with Gasteiger partial charge in [-0.3, -0.25) is 19.8 Å². The van der Waals surface area contributed by atoms with Crippen molar-refractivity contribution >= 4 is 29.7 Å². The van der Waals surface area contributed by atoms with Crippen LogP contribution >= 0.6 is 0 Å². The highest BCUT2D eigenvalue weighted by atomic mass is 16.2. The summed E-state index contributed by atoms with van der Waals surface area (Å²) in [6, 6.07) is 2.81. The van der Waals surface area contributed by atoms with Gasteiger partial charge < -0.3 is 4.40 Å². The lowest BCUT2D eigenvalue weighted by Crippen LogP contribution is -2.49. The molecule has 2 aromatic heterocycles. The monoisotopic (exact) mass is 258 g/mol. The van der Waals surface area contributed by atoms with E-state index in [4.69, 9.17) is 0 Å². The van der Waals surface area contributed by atoms with E-state index >= 15 is 0 Å². The number of nitrogens with one attached hydrogen (secondary N) is 1. The van der Waals surface area contributed by atoms with Crippen LogP contribution in [0.5, 0.6) is 0 Å². The van der Waals surface area contributed by atoms with Gasteiger partial charge in [0.1, 0.15) is 11.9 Å². The van der Waals surface area contributed by atoms with Crippen molar-refractivity contribution in [3.63, 3.8) is 0 Å². The van der Waals surface area contributed by atoms with Crippen molar-refractivity contribution in [2.45, 2.75) is 6.42 Å². The zero-order valence-electron chi connectivity index (χ0n) is 9.87. The third-order valence-electron chi connectivity index (χ3n) is 2.94. The topological polar surface area (TPSA) is 83.8 Å². The van der Waals surface area contributed by atoms with Gasteiger partial charge in [-0.2, -0.15) is 0 Å². The molecule has 0 radical (unpaired) electrons. The minimum absolute atomic E-state index is 0.249. The molecule has 1 aliphatic heterocycles. The molecule has 0 spiro atoms. The average Bonchev–Trinajstić information content (AvgIpc) is 2.80. The Morgan fingerprint density at radius 2 is 2.21 bits per heavy atom. The minimum Gasteiger partial charge on any atom is -0.305 e. The molecule has 1 saturated heterocycles. The van der Waals surface area contributed by atoms with Gasteiger partial charge in [0.05, 0.1) is 6.20 Å². The summed E-state index contributed by atoms with van der Waals surface area (Å²) in [7, 11) is 0. The van der Waals surface area contributed by atoms with Crippen LogP contribution in [-0.2, 0) is 4.79 Å². The lowest BCUT2D eigenvalue weighted by Gasteiger charge is -2.24. The molecule has 3 amide bonds. The first-order chi connectivity index (χ1) is 9.17.